The molecule has 0 N–H and O–H groups in total. The maximum atomic E-state index is 13.3. The van der Waals surface area contributed by atoms with Crippen LogP contribution in [0.15, 0.2) is 18.2 Å². The molecule has 0 bridgehead atoms. The molecule has 1 nitrogen and oxygen atoms in total. The van der Waals surface area contributed by atoms with Crippen LogP contribution in [0.4, 0.5) is 4.39 Å². The molecule has 1 aromatic rings. The first kappa shape index (κ1) is 12.8. The summed E-state index contributed by atoms with van der Waals surface area (Å²) >= 11 is 11.4. The first-order chi connectivity index (χ1) is 7.13. The fraction of sp³-hybridized carbons (Fsp3) is 0.455. The summed E-state index contributed by atoms with van der Waals surface area (Å²) in [7, 11) is 1.94. The predicted octanol–water partition coefficient (Wildman–Crippen LogP) is 3.54. The van der Waals surface area contributed by atoms with Crippen LogP contribution >= 0.6 is 23.2 Å². The normalized spacial score (nSPS) is 11.0. The second-order valence-electron chi connectivity index (χ2n) is 3.52. The van der Waals surface area contributed by atoms with Crippen LogP contribution in [0.3, 0.4) is 0 Å². The molecule has 0 heterocycles. The molecule has 4 heteroatoms. The predicted molar refractivity (Wildman–Crippen MR) is 63.1 cm³/mol. The van der Waals surface area contributed by atoms with Gasteiger partial charge in [-0.3, -0.25) is 0 Å². The van der Waals surface area contributed by atoms with Crippen LogP contribution < -0.4 is 0 Å². The van der Waals surface area contributed by atoms with Crippen molar-refractivity contribution in [1.82, 2.24) is 4.90 Å². The summed E-state index contributed by atoms with van der Waals surface area (Å²) in [6.07, 6.45) is 0.903. The molecule has 0 aromatic heterocycles. The van der Waals surface area contributed by atoms with Crippen LogP contribution in [0.2, 0.25) is 5.02 Å². The number of nitrogens with zero attached hydrogens (tertiary/aromatic N) is 1. The lowest BCUT2D eigenvalue weighted by molar-refractivity contribution is 0.322. The fourth-order valence-corrected chi connectivity index (χ4v) is 1.68. The van der Waals surface area contributed by atoms with Crippen molar-refractivity contribution in [3.63, 3.8) is 0 Å². The van der Waals surface area contributed by atoms with Gasteiger partial charge < -0.3 is 4.90 Å². The number of alkyl halides is 1. The van der Waals surface area contributed by atoms with E-state index in [0.29, 0.717) is 23.0 Å². The monoisotopic (exact) mass is 249 g/mol. The lowest BCUT2D eigenvalue weighted by Gasteiger charge is -2.16. The highest BCUT2D eigenvalue weighted by Crippen LogP contribution is 2.16. The summed E-state index contributed by atoms with van der Waals surface area (Å²) in [5.74, 6) is 0.416. The van der Waals surface area contributed by atoms with Gasteiger partial charge in [-0.15, -0.1) is 11.6 Å². The average molecular weight is 250 g/mol. The first-order valence-corrected chi connectivity index (χ1v) is 5.73. The summed E-state index contributed by atoms with van der Waals surface area (Å²) in [5, 5.41) is 0.567. The van der Waals surface area contributed by atoms with Gasteiger partial charge in [-0.1, -0.05) is 11.6 Å². The number of hydrogen-bond donors (Lipinski definition) is 0. The Kier molecular flexibility index (Phi) is 5.37. The topological polar surface area (TPSA) is 3.24 Å². The highest BCUT2D eigenvalue weighted by atomic mass is 35.5. The molecule has 0 aliphatic carbocycles. The van der Waals surface area contributed by atoms with E-state index >= 15 is 0 Å². The highest BCUT2D eigenvalue weighted by Gasteiger charge is 2.06. The molecule has 0 radical (unpaired) electrons. The van der Waals surface area contributed by atoms with E-state index in [1.165, 1.54) is 6.07 Å². The molecule has 0 saturated carbocycles. The Balaban J connectivity index is 2.59. The van der Waals surface area contributed by atoms with E-state index in [0.717, 1.165) is 13.0 Å². The van der Waals surface area contributed by atoms with Crippen molar-refractivity contribution in [2.45, 2.75) is 13.0 Å². The van der Waals surface area contributed by atoms with Crippen molar-refractivity contribution in [1.29, 1.82) is 0 Å². The number of halogens is 3. The third kappa shape index (κ3) is 4.37. The van der Waals surface area contributed by atoms with Crippen molar-refractivity contribution in [3.05, 3.63) is 34.6 Å². The second kappa shape index (κ2) is 6.31. The van der Waals surface area contributed by atoms with Gasteiger partial charge in [0, 0.05) is 23.0 Å². The van der Waals surface area contributed by atoms with Gasteiger partial charge in [0.1, 0.15) is 5.82 Å². The molecular weight excluding hydrogens is 236 g/mol. The molecular formula is C11H14Cl2FN. The van der Waals surface area contributed by atoms with E-state index in [1.54, 1.807) is 12.1 Å². The molecule has 0 fully saturated rings. The van der Waals surface area contributed by atoms with E-state index in [1.807, 2.05) is 11.9 Å². The van der Waals surface area contributed by atoms with Gasteiger partial charge >= 0.3 is 0 Å². The van der Waals surface area contributed by atoms with Gasteiger partial charge in [-0.05, 0) is 38.2 Å². The van der Waals surface area contributed by atoms with E-state index in [9.17, 15) is 4.39 Å². The van der Waals surface area contributed by atoms with Crippen molar-refractivity contribution < 1.29 is 4.39 Å². The molecule has 0 unspecified atom stereocenters. The maximum Gasteiger partial charge on any atom is 0.127 e. The summed E-state index contributed by atoms with van der Waals surface area (Å²) in [6.45, 7) is 1.42. The van der Waals surface area contributed by atoms with Crippen LogP contribution in [-0.2, 0) is 6.54 Å². The molecule has 0 atom stereocenters. The van der Waals surface area contributed by atoms with Gasteiger partial charge in [-0.2, -0.15) is 0 Å². The minimum atomic E-state index is -0.211. The van der Waals surface area contributed by atoms with Crippen molar-refractivity contribution >= 4 is 23.2 Å². The third-order valence-electron chi connectivity index (χ3n) is 2.12. The molecule has 0 amide bonds. The van der Waals surface area contributed by atoms with Crippen LogP contribution in [0.25, 0.3) is 0 Å². The Bertz CT molecular complexity index is 317. The Morgan fingerprint density at radius 2 is 2.13 bits per heavy atom. The molecule has 1 rings (SSSR count). The number of hydrogen-bond acceptors (Lipinski definition) is 1. The summed E-state index contributed by atoms with van der Waals surface area (Å²) in [6, 6.07) is 4.61. The van der Waals surface area contributed by atoms with Crippen molar-refractivity contribution in [2.24, 2.45) is 0 Å². The van der Waals surface area contributed by atoms with Gasteiger partial charge in [0.05, 0.1) is 0 Å². The summed E-state index contributed by atoms with van der Waals surface area (Å²) in [4.78, 5) is 2.02. The minimum absolute atomic E-state index is 0.211. The van der Waals surface area contributed by atoms with Crippen LogP contribution in [-0.4, -0.2) is 24.4 Å². The SMILES string of the molecule is CN(CCCCl)Cc1cc(Cl)ccc1F. The van der Waals surface area contributed by atoms with E-state index in [2.05, 4.69) is 0 Å². The Morgan fingerprint density at radius 3 is 2.80 bits per heavy atom. The largest absolute Gasteiger partial charge is 0.302 e. The lowest BCUT2D eigenvalue weighted by atomic mass is 10.2. The zero-order valence-corrected chi connectivity index (χ0v) is 10.2. The van der Waals surface area contributed by atoms with Gasteiger partial charge in [0.15, 0.2) is 0 Å². The molecule has 0 spiro atoms. The van der Waals surface area contributed by atoms with Gasteiger partial charge in [-0.25, -0.2) is 4.39 Å². The summed E-state index contributed by atoms with van der Waals surface area (Å²) in [5.41, 5.74) is 0.625. The highest BCUT2D eigenvalue weighted by molar-refractivity contribution is 6.30. The molecule has 0 saturated heterocycles. The zero-order valence-electron chi connectivity index (χ0n) is 8.64. The van der Waals surface area contributed by atoms with Crippen LogP contribution in [0.1, 0.15) is 12.0 Å². The van der Waals surface area contributed by atoms with Gasteiger partial charge in [0.25, 0.3) is 0 Å². The van der Waals surface area contributed by atoms with Crippen molar-refractivity contribution in [2.75, 3.05) is 19.5 Å². The van der Waals surface area contributed by atoms with Gasteiger partial charge in [0.2, 0.25) is 0 Å². The molecule has 84 valence electrons. The Hall–Kier alpha value is -0.310. The Morgan fingerprint density at radius 1 is 1.40 bits per heavy atom. The molecule has 1 aromatic carbocycles. The summed E-state index contributed by atoms with van der Waals surface area (Å²) < 4.78 is 13.3. The molecule has 15 heavy (non-hydrogen) atoms. The number of benzene rings is 1. The third-order valence-corrected chi connectivity index (χ3v) is 2.62. The molecule has 0 aliphatic rings. The van der Waals surface area contributed by atoms with Crippen molar-refractivity contribution in [3.8, 4) is 0 Å². The lowest BCUT2D eigenvalue weighted by Crippen LogP contribution is -2.20. The second-order valence-corrected chi connectivity index (χ2v) is 4.33. The van der Waals surface area contributed by atoms with E-state index in [-0.39, 0.29) is 5.82 Å². The Labute approximate surface area is 99.8 Å². The van der Waals surface area contributed by atoms with E-state index < -0.39 is 0 Å². The minimum Gasteiger partial charge on any atom is -0.302 e. The fourth-order valence-electron chi connectivity index (χ4n) is 1.36. The quantitative estimate of drug-likeness (QED) is 0.722. The van der Waals surface area contributed by atoms with Crippen LogP contribution in [0.5, 0.6) is 0 Å². The smallest absolute Gasteiger partial charge is 0.127 e. The zero-order chi connectivity index (χ0) is 11.3. The first-order valence-electron chi connectivity index (χ1n) is 4.82. The number of rotatable bonds is 5. The van der Waals surface area contributed by atoms with E-state index in [4.69, 9.17) is 23.2 Å². The molecule has 0 aliphatic heterocycles. The average Bonchev–Trinajstić information content (AvgIpc) is 2.20. The maximum absolute atomic E-state index is 13.3. The standard InChI is InChI=1S/C11H14Cl2FN/c1-15(6-2-5-12)8-9-7-10(13)3-4-11(9)14/h3-4,7H,2,5-6,8H2,1H3. The van der Waals surface area contributed by atoms with Crippen LogP contribution in [0, 0.1) is 5.82 Å².